The van der Waals surface area contributed by atoms with Gasteiger partial charge in [-0.15, -0.1) is 0 Å². The van der Waals surface area contributed by atoms with Gasteiger partial charge in [-0.1, -0.05) is 28.9 Å². The highest BCUT2D eigenvalue weighted by Gasteiger charge is 2.36. The number of aromatic nitrogens is 2. The number of hydrogen-bond acceptors (Lipinski definition) is 3. The Balaban J connectivity index is 2.40. The van der Waals surface area contributed by atoms with Crippen molar-refractivity contribution in [3.63, 3.8) is 0 Å². The Morgan fingerprint density at radius 2 is 2.05 bits per heavy atom. The van der Waals surface area contributed by atoms with Gasteiger partial charge in [0, 0.05) is 12.4 Å². The van der Waals surface area contributed by atoms with E-state index in [2.05, 4.69) is 15.1 Å². The van der Waals surface area contributed by atoms with Crippen LogP contribution in [0.5, 0.6) is 0 Å². The number of alkyl halides is 3. The molecule has 116 valence electrons. The van der Waals surface area contributed by atoms with Gasteiger partial charge in [0.1, 0.15) is 10.6 Å². The lowest BCUT2D eigenvalue weighted by molar-refractivity contribution is -0.0620. The maximum Gasteiger partial charge on any atom is 0.455 e. The largest absolute Gasteiger partial charge is 0.455 e. The Morgan fingerprint density at radius 3 is 2.64 bits per heavy atom. The molecule has 0 aliphatic rings. The Morgan fingerprint density at radius 1 is 1.27 bits per heavy atom. The molecule has 0 fully saturated rings. The van der Waals surface area contributed by atoms with Gasteiger partial charge < -0.3 is 9.77 Å². The van der Waals surface area contributed by atoms with E-state index in [1.807, 2.05) is 0 Å². The van der Waals surface area contributed by atoms with Crippen LogP contribution in [-0.4, -0.2) is 26.8 Å². The Hall–Kier alpha value is -2.35. The molecule has 2 aromatic heterocycles. The molecule has 5 nitrogen and oxygen atoms in total. The molecule has 2 rings (SSSR count). The summed E-state index contributed by atoms with van der Waals surface area (Å²) in [5.74, 6) is -1.62. The fourth-order valence-electron chi connectivity index (χ4n) is 1.65. The molecule has 9 heteroatoms. The molecule has 0 saturated heterocycles. The molecule has 0 spiro atoms. The number of oxime groups is 1. The summed E-state index contributed by atoms with van der Waals surface area (Å²) in [4.78, 5) is 7.25. The lowest BCUT2D eigenvalue weighted by Gasteiger charge is -2.08. The molecule has 0 atom stereocenters. The van der Waals surface area contributed by atoms with Crippen LogP contribution in [0, 0.1) is 0 Å². The van der Waals surface area contributed by atoms with Crippen LogP contribution in [0.4, 0.5) is 13.2 Å². The fourth-order valence-corrected chi connectivity index (χ4v) is 1.76. The highest BCUT2D eigenvalue weighted by atomic mass is 35.5. The smallest absolute Gasteiger partial charge is 0.409 e. The van der Waals surface area contributed by atoms with E-state index in [0.29, 0.717) is 5.15 Å². The number of halogens is 4. The minimum Gasteiger partial charge on any atom is -0.409 e. The van der Waals surface area contributed by atoms with Crippen LogP contribution in [-0.2, 0) is 6.54 Å². The number of amidine groups is 1. The van der Waals surface area contributed by atoms with Crippen molar-refractivity contribution >= 4 is 17.4 Å². The van der Waals surface area contributed by atoms with E-state index in [1.165, 1.54) is 22.9 Å². The standard InChI is InChI=1S/C13H10ClF3N4O/c14-10-5-4-9(7-18-10)8-21-6-2-1-3-11(21)19-12(20-22)13(15,16)17/h1-7,22H,8H2/b19-11+,20-12+. The van der Waals surface area contributed by atoms with Gasteiger partial charge in [-0.3, -0.25) is 0 Å². The summed E-state index contributed by atoms with van der Waals surface area (Å²) in [7, 11) is 0. The van der Waals surface area contributed by atoms with E-state index < -0.39 is 12.0 Å². The van der Waals surface area contributed by atoms with Gasteiger partial charge in [0.2, 0.25) is 0 Å². The first-order chi connectivity index (χ1) is 10.4. The van der Waals surface area contributed by atoms with E-state index in [-0.39, 0.29) is 12.0 Å². The molecule has 0 amide bonds. The van der Waals surface area contributed by atoms with Crippen molar-refractivity contribution in [2.24, 2.45) is 10.1 Å². The molecule has 0 aromatic carbocycles. The Bertz CT molecular complexity index is 738. The average molecular weight is 331 g/mol. The second kappa shape index (κ2) is 6.61. The van der Waals surface area contributed by atoms with Crippen LogP contribution < -0.4 is 5.49 Å². The van der Waals surface area contributed by atoms with E-state index in [0.717, 1.165) is 5.56 Å². The zero-order valence-electron chi connectivity index (χ0n) is 11.0. The zero-order valence-corrected chi connectivity index (χ0v) is 11.8. The van der Waals surface area contributed by atoms with Gasteiger partial charge in [-0.2, -0.15) is 13.2 Å². The van der Waals surface area contributed by atoms with Gasteiger partial charge in [-0.05, 0) is 23.8 Å². The number of nitrogens with zero attached hydrogens (tertiary/aromatic N) is 4. The molecule has 0 radical (unpaired) electrons. The average Bonchev–Trinajstić information content (AvgIpc) is 2.47. The lowest BCUT2D eigenvalue weighted by atomic mass is 10.3. The summed E-state index contributed by atoms with van der Waals surface area (Å²) in [5, 5.41) is 11.0. The van der Waals surface area contributed by atoms with E-state index >= 15 is 0 Å². The highest BCUT2D eigenvalue weighted by molar-refractivity contribution is 6.29. The van der Waals surface area contributed by atoms with Crippen LogP contribution in [0.3, 0.4) is 0 Å². The molecule has 0 aliphatic carbocycles. The molecule has 0 saturated carbocycles. The third-order valence-corrected chi connectivity index (χ3v) is 2.85. The third kappa shape index (κ3) is 4.08. The SMILES string of the molecule is O/N=C(/N=c1\ccccn1Cc1ccc(Cl)nc1)C(F)(F)F. The first kappa shape index (κ1) is 16.0. The lowest BCUT2D eigenvalue weighted by Crippen LogP contribution is -2.28. The molecule has 0 aliphatic heterocycles. The maximum absolute atomic E-state index is 12.6. The molecule has 2 aromatic rings. The van der Waals surface area contributed by atoms with E-state index in [1.54, 1.807) is 24.4 Å². The number of pyridine rings is 2. The van der Waals surface area contributed by atoms with Gasteiger partial charge in [0.25, 0.3) is 5.84 Å². The Kier molecular flexibility index (Phi) is 4.81. The van der Waals surface area contributed by atoms with Crippen LogP contribution in [0.25, 0.3) is 0 Å². The zero-order chi connectivity index (χ0) is 16.2. The minimum atomic E-state index is -4.84. The van der Waals surface area contributed by atoms with Gasteiger partial charge in [-0.25, -0.2) is 9.98 Å². The number of hydrogen-bond donors (Lipinski definition) is 1. The van der Waals surface area contributed by atoms with Gasteiger partial charge >= 0.3 is 6.18 Å². The summed E-state index contributed by atoms with van der Waals surface area (Å²) in [6.07, 6.45) is -1.78. The third-order valence-electron chi connectivity index (χ3n) is 2.63. The summed E-state index contributed by atoms with van der Waals surface area (Å²) in [6.45, 7) is 0.237. The second-order valence-corrected chi connectivity index (χ2v) is 4.60. The topological polar surface area (TPSA) is 62.8 Å². The monoisotopic (exact) mass is 330 g/mol. The molecule has 0 bridgehead atoms. The summed E-state index contributed by atoms with van der Waals surface area (Å²) < 4.78 is 39.2. The van der Waals surface area contributed by atoms with Crippen LogP contribution in [0.15, 0.2) is 52.9 Å². The minimum absolute atomic E-state index is 0.0115. The van der Waals surface area contributed by atoms with Gasteiger partial charge in [0.05, 0.1) is 6.54 Å². The van der Waals surface area contributed by atoms with Crippen molar-refractivity contribution in [3.05, 3.63) is 58.9 Å². The molecular formula is C13H10ClF3N4O. The molecule has 1 N–H and O–H groups in total. The van der Waals surface area contributed by atoms with Crippen LogP contribution in [0.1, 0.15) is 5.56 Å². The van der Waals surface area contributed by atoms with Crippen molar-refractivity contribution in [1.82, 2.24) is 9.55 Å². The van der Waals surface area contributed by atoms with Crippen molar-refractivity contribution in [2.45, 2.75) is 12.7 Å². The molecule has 22 heavy (non-hydrogen) atoms. The Labute approximate surface area is 128 Å². The fraction of sp³-hybridized carbons (Fsp3) is 0.154. The maximum atomic E-state index is 12.6. The normalized spacial score (nSPS) is 13.5. The predicted molar refractivity (Wildman–Crippen MR) is 73.6 cm³/mol. The van der Waals surface area contributed by atoms with E-state index in [9.17, 15) is 13.2 Å². The van der Waals surface area contributed by atoms with Crippen LogP contribution in [0.2, 0.25) is 5.15 Å². The van der Waals surface area contributed by atoms with Crippen molar-refractivity contribution in [2.75, 3.05) is 0 Å². The summed E-state index contributed by atoms with van der Waals surface area (Å²) in [6, 6.07) is 7.82. The summed E-state index contributed by atoms with van der Waals surface area (Å²) >= 11 is 5.68. The summed E-state index contributed by atoms with van der Waals surface area (Å²) in [5.41, 5.74) is 0.717. The quantitative estimate of drug-likeness (QED) is 0.302. The van der Waals surface area contributed by atoms with Gasteiger partial charge in [0.15, 0.2) is 0 Å². The van der Waals surface area contributed by atoms with Crippen LogP contribution >= 0.6 is 11.6 Å². The van der Waals surface area contributed by atoms with Crippen molar-refractivity contribution < 1.29 is 18.4 Å². The highest BCUT2D eigenvalue weighted by Crippen LogP contribution is 2.17. The molecular weight excluding hydrogens is 321 g/mol. The first-order valence-electron chi connectivity index (χ1n) is 6.00. The molecule has 2 heterocycles. The molecule has 0 unspecified atom stereocenters. The van der Waals surface area contributed by atoms with Crippen molar-refractivity contribution in [3.8, 4) is 0 Å². The first-order valence-corrected chi connectivity index (χ1v) is 6.38. The second-order valence-electron chi connectivity index (χ2n) is 4.21. The van der Waals surface area contributed by atoms with E-state index in [4.69, 9.17) is 16.8 Å². The predicted octanol–water partition coefficient (Wildman–Crippen LogP) is 2.84. The number of rotatable bonds is 2. The van der Waals surface area contributed by atoms with Crippen molar-refractivity contribution in [1.29, 1.82) is 0 Å².